The van der Waals surface area contributed by atoms with Gasteiger partial charge in [-0.3, -0.25) is 4.90 Å². The number of hydrogen-bond acceptors (Lipinski definition) is 3. The maximum absolute atomic E-state index is 3.72. The van der Waals surface area contributed by atoms with E-state index in [1.54, 1.807) is 4.88 Å². The van der Waals surface area contributed by atoms with Crippen LogP contribution in [0.1, 0.15) is 44.6 Å². The highest BCUT2D eigenvalue weighted by Crippen LogP contribution is 2.24. The first-order valence-electron chi connectivity index (χ1n) is 7.51. The molecule has 1 aromatic rings. The lowest BCUT2D eigenvalue weighted by molar-refractivity contribution is 0.193. The molecular formula is C16H28N2S. The zero-order chi connectivity index (χ0) is 13.9. The van der Waals surface area contributed by atoms with Crippen LogP contribution in [0.15, 0.2) is 11.4 Å². The van der Waals surface area contributed by atoms with Crippen LogP contribution in [-0.4, -0.2) is 30.6 Å². The molecule has 108 valence electrons. The van der Waals surface area contributed by atoms with Crippen molar-refractivity contribution in [3.05, 3.63) is 21.9 Å². The average molecular weight is 280 g/mol. The summed E-state index contributed by atoms with van der Waals surface area (Å²) in [5, 5.41) is 5.96. The van der Waals surface area contributed by atoms with Crippen LogP contribution in [0, 0.1) is 5.41 Å². The van der Waals surface area contributed by atoms with E-state index in [0.717, 1.165) is 19.5 Å². The third-order valence-corrected chi connectivity index (χ3v) is 5.06. The molecule has 19 heavy (non-hydrogen) atoms. The van der Waals surface area contributed by atoms with E-state index in [-0.39, 0.29) is 0 Å². The van der Waals surface area contributed by atoms with Gasteiger partial charge >= 0.3 is 0 Å². The van der Waals surface area contributed by atoms with Crippen LogP contribution in [0.5, 0.6) is 0 Å². The Morgan fingerprint density at radius 3 is 2.89 bits per heavy atom. The van der Waals surface area contributed by atoms with Crippen LogP contribution in [0.2, 0.25) is 0 Å². The average Bonchev–Trinajstić information content (AvgIpc) is 2.63. The minimum Gasteiger partial charge on any atom is -0.312 e. The second kappa shape index (κ2) is 6.38. The molecule has 2 rings (SSSR count). The molecule has 1 N–H and O–H groups in total. The summed E-state index contributed by atoms with van der Waals surface area (Å²) >= 11 is 1.92. The number of aryl methyl sites for hydroxylation is 1. The molecule has 1 unspecified atom stereocenters. The predicted molar refractivity (Wildman–Crippen MR) is 84.8 cm³/mol. The summed E-state index contributed by atoms with van der Waals surface area (Å²) < 4.78 is 0. The van der Waals surface area contributed by atoms with Gasteiger partial charge in [-0.1, -0.05) is 27.7 Å². The first kappa shape index (κ1) is 15.0. The van der Waals surface area contributed by atoms with Gasteiger partial charge in [-0.25, -0.2) is 0 Å². The molecule has 1 aromatic heterocycles. The summed E-state index contributed by atoms with van der Waals surface area (Å²) in [4.78, 5) is 4.21. The Kier molecular flexibility index (Phi) is 5.04. The monoisotopic (exact) mass is 280 g/mol. The molecular weight excluding hydrogens is 252 g/mol. The molecule has 1 fully saturated rings. The van der Waals surface area contributed by atoms with Crippen LogP contribution in [0.4, 0.5) is 0 Å². The van der Waals surface area contributed by atoms with Crippen LogP contribution >= 0.6 is 11.3 Å². The van der Waals surface area contributed by atoms with E-state index in [0.29, 0.717) is 11.5 Å². The molecule has 0 aliphatic carbocycles. The zero-order valence-corrected chi connectivity index (χ0v) is 13.6. The largest absolute Gasteiger partial charge is 0.312 e. The molecule has 0 radical (unpaired) electrons. The Morgan fingerprint density at radius 1 is 1.42 bits per heavy atom. The lowest BCUT2D eigenvalue weighted by Crippen LogP contribution is -2.46. The van der Waals surface area contributed by atoms with Gasteiger partial charge in [0, 0.05) is 24.0 Å². The number of nitrogens with one attached hydrogen (secondary N) is 1. The van der Waals surface area contributed by atoms with Gasteiger partial charge in [0.05, 0.1) is 0 Å². The fourth-order valence-electron chi connectivity index (χ4n) is 2.74. The van der Waals surface area contributed by atoms with Crippen molar-refractivity contribution in [1.82, 2.24) is 10.2 Å². The maximum atomic E-state index is 3.72. The third kappa shape index (κ3) is 4.04. The molecule has 0 aromatic carbocycles. The van der Waals surface area contributed by atoms with E-state index in [1.807, 2.05) is 11.3 Å². The third-order valence-electron chi connectivity index (χ3n) is 4.11. The topological polar surface area (TPSA) is 15.3 Å². The van der Waals surface area contributed by atoms with E-state index >= 15 is 0 Å². The molecule has 2 heterocycles. The molecule has 0 spiro atoms. The second-order valence-corrected chi connectivity index (χ2v) is 7.68. The molecule has 2 nitrogen and oxygen atoms in total. The minimum atomic E-state index is 0.339. The Bertz CT molecular complexity index is 392. The van der Waals surface area contributed by atoms with Crippen molar-refractivity contribution in [3.63, 3.8) is 0 Å². The van der Waals surface area contributed by atoms with Crippen molar-refractivity contribution in [1.29, 1.82) is 0 Å². The van der Waals surface area contributed by atoms with Crippen molar-refractivity contribution in [2.24, 2.45) is 5.41 Å². The van der Waals surface area contributed by atoms with Gasteiger partial charge in [0.1, 0.15) is 0 Å². The maximum Gasteiger partial charge on any atom is 0.0331 e. The first-order valence-corrected chi connectivity index (χ1v) is 8.39. The molecule has 1 saturated heterocycles. The Balaban J connectivity index is 2.03. The van der Waals surface area contributed by atoms with E-state index in [1.165, 1.54) is 25.1 Å². The van der Waals surface area contributed by atoms with Gasteiger partial charge < -0.3 is 5.32 Å². The molecule has 0 bridgehead atoms. The highest BCUT2D eigenvalue weighted by atomic mass is 32.1. The zero-order valence-electron chi connectivity index (χ0n) is 12.8. The SMILES string of the molecule is CCc1ccsc1CN1CCCNC(C(C)(C)C)C1. The van der Waals surface area contributed by atoms with Crippen molar-refractivity contribution in [3.8, 4) is 0 Å². The van der Waals surface area contributed by atoms with E-state index < -0.39 is 0 Å². The highest BCUT2D eigenvalue weighted by Gasteiger charge is 2.28. The quantitative estimate of drug-likeness (QED) is 0.911. The van der Waals surface area contributed by atoms with E-state index in [2.05, 4.69) is 49.4 Å². The molecule has 0 amide bonds. The summed E-state index contributed by atoms with van der Waals surface area (Å²) in [7, 11) is 0. The molecule has 3 heteroatoms. The Morgan fingerprint density at radius 2 is 2.21 bits per heavy atom. The van der Waals surface area contributed by atoms with Gasteiger partial charge in [0.2, 0.25) is 0 Å². The minimum absolute atomic E-state index is 0.339. The first-order chi connectivity index (χ1) is 9.00. The number of rotatable bonds is 3. The van der Waals surface area contributed by atoms with Crippen molar-refractivity contribution < 1.29 is 0 Å². The number of hydrogen-bond donors (Lipinski definition) is 1. The van der Waals surface area contributed by atoms with Crippen molar-refractivity contribution in [2.45, 2.75) is 53.1 Å². The molecule has 1 atom stereocenters. The summed E-state index contributed by atoms with van der Waals surface area (Å²) in [6.45, 7) is 14.0. The predicted octanol–water partition coefficient (Wildman–Crippen LogP) is 3.52. The number of thiophene rings is 1. The van der Waals surface area contributed by atoms with E-state index in [9.17, 15) is 0 Å². The van der Waals surface area contributed by atoms with Gasteiger partial charge in [0.25, 0.3) is 0 Å². The van der Waals surface area contributed by atoms with Crippen molar-refractivity contribution >= 4 is 11.3 Å². The summed E-state index contributed by atoms with van der Waals surface area (Å²) in [6, 6.07) is 2.89. The van der Waals surface area contributed by atoms with E-state index in [4.69, 9.17) is 0 Å². The highest BCUT2D eigenvalue weighted by molar-refractivity contribution is 7.10. The smallest absolute Gasteiger partial charge is 0.0331 e. The lowest BCUT2D eigenvalue weighted by atomic mass is 9.86. The summed E-state index contributed by atoms with van der Waals surface area (Å²) in [5.41, 5.74) is 1.88. The van der Waals surface area contributed by atoms with Crippen LogP contribution in [0.3, 0.4) is 0 Å². The van der Waals surface area contributed by atoms with Crippen LogP contribution < -0.4 is 5.32 Å². The summed E-state index contributed by atoms with van der Waals surface area (Å²) in [6.07, 6.45) is 2.42. The van der Waals surface area contributed by atoms with Crippen LogP contribution in [-0.2, 0) is 13.0 Å². The molecule has 0 saturated carbocycles. The van der Waals surface area contributed by atoms with Gasteiger partial charge in [-0.15, -0.1) is 11.3 Å². The van der Waals surface area contributed by atoms with Gasteiger partial charge in [-0.05, 0) is 48.4 Å². The standard InChI is InChI=1S/C16H28N2S/c1-5-13-7-10-19-14(13)11-18-9-6-8-17-15(12-18)16(2,3)4/h7,10,15,17H,5-6,8-9,11-12H2,1-4H3. The normalized spacial score (nSPS) is 22.4. The number of nitrogens with zero attached hydrogens (tertiary/aromatic N) is 1. The second-order valence-electron chi connectivity index (χ2n) is 6.68. The van der Waals surface area contributed by atoms with Crippen molar-refractivity contribution in [2.75, 3.05) is 19.6 Å². The summed E-state index contributed by atoms with van der Waals surface area (Å²) in [5.74, 6) is 0. The molecule has 1 aliphatic rings. The lowest BCUT2D eigenvalue weighted by Gasteiger charge is -2.33. The van der Waals surface area contributed by atoms with Gasteiger partial charge in [-0.2, -0.15) is 0 Å². The molecule has 1 aliphatic heterocycles. The Hall–Kier alpha value is -0.380. The van der Waals surface area contributed by atoms with Gasteiger partial charge in [0.15, 0.2) is 0 Å². The van der Waals surface area contributed by atoms with Crippen LogP contribution in [0.25, 0.3) is 0 Å². The Labute approximate surface area is 122 Å². The fourth-order valence-corrected chi connectivity index (χ4v) is 3.76. The fraction of sp³-hybridized carbons (Fsp3) is 0.750.